The molecule has 0 aliphatic carbocycles. The third kappa shape index (κ3) is 8.91. The van der Waals surface area contributed by atoms with Gasteiger partial charge in [-0.1, -0.05) is 22.6 Å². The largest absolute Gasteiger partial charge is 0.417 e. The molecule has 0 saturated carbocycles. The van der Waals surface area contributed by atoms with E-state index in [9.17, 15) is 0 Å². The van der Waals surface area contributed by atoms with E-state index in [0.29, 0.717) is 0 Å². The van der Waals surface area contributed by atoms with Crippen LogP contribution in [0.15, 0.2) is 0 Å². The van der Waals surface area contributed by atoms with Crippen molar-refractivity contribution in [3.8, 4) is 0 Å². The fourth-order valence-electron chi connectivity index (χ4n) is 0.473. The van der Waals surface area contributed by atoms with Crippen molar-refractivity contribution in [2.45, 2.75) is 25.9 Å². The smallest absolute Gasteiger partial charge is 0.204 e. The highest BCUT2D eigenvalue weighted by atomic mass is 127. The molecule has 3 heteroatoms. The van der Waals surface area contributed by atoms with Crippen LogP contribution in [-0.2, 0) is 4.43 Å². The molecule has 0 aliphatic rings. The molecule has 9 heavy (non-hydrogen) atoms. The van der Waals surface area contributed by atoms with Crippen LogP contribution in [-0.4, -0.2) is 20.1 Å². The van der Waals surface area contributed by atoms with Crippen molar-refractivity contribution < 1.29 is 4.43 Å². The number of hydrogen-bond acceptors (Lipinski definition) is 1. The molecule has 0 aromatic rings. The molecule has 0 amide bonds. The van der Waals surface area contributed by atoms with Crippen LogP contribution in [0.25, 0.3) is 0 Å². The van der Waals surface area contributed by atoms with E-state index in [1.165, 1.54) is 17.3 Å². The average Bonchev–Trinajstić information content (AvgIpc) is 1.80. The molecule has 0 spiro atoms. The van der Waals surface area contributed by atoms with Crippen molar-refractivity contribution in [1.29, 1.82) is 0 Å². The normalized spacial score (nSPS) is 10.7. The first kappa shape index (κ1) is 9.91. The molecule has 55 valence electrons. The van der Waals surface area contributed by atoms with Gasteiger partial charge in [-0.25, -0.2) is 0 Å². The molecule has 0 aromatic carbocycles. The van der Waals surface area contributed by atoms with Gasteiger partial charge in [0.1, 0.15) is 0 Å². The van der Waals surface area contributed by atoms with Gasteiger partial charge in [0.25, 0.3) is 0 Å². The summed E-state index contributed by atoms with van der Waals surface area (Å²) in [5.74, 6) is 0. The minimum absolute atomic E-state index is 0.418. The topological polar surface area (TPSA) is 9.23 Å². The molecule has 0 atom stereocenters. The van der Waals surface area contributed by atoms with Gasteiger partial charge in [0.2, 0.25) is 9.04 Å². The molecule has 0 fully saturated rings. The Morgan fingerprint density at radius 3 is 2.44 bits per heavy atom. The molecule has 0 heterocycles. The van der Waals surface area contributed by atoms with Crippen molar-refractivity contribution in [3.05, 3.63) is 0 Å². The number of unbranched alkanes of at least 4 members (excludes halogenated alkanes) is 1. The Kier molecular flexibility index (Phi) is 7.73. The van der Waals surface area contributed by atoms with E-state index < -0.39 is 9.04 Å². The Balaban J connectivity index is 2.75. The quantitative estimate of drug-likeness (QED) is 0.318. The van der Waals surface area contributed by atoms with E-state index in [4.69, 9.17) is 4.43 Å². The van der Waals surface area contributed by atoms with Gasteiger partial charge in [-0.05, 0) is 30.4 Å². The van der Waals surface area contributed by atoms with Crippen LogP contribution in [0.4, 0.5) is 0 Å². The second kappa shape index (κ2) is 7.02. The maximum Gasteiger partial charge on any atom is 0.204 e. The van der Waals surface area contributed by atoms with Crippen LogP contribution >= 0.6 is 22.6 Å². The standard InChI is InChI=1S/C6H14IOSi/c1-9(2)8-6-4-3-5-7/h3-6H2,1-2H3. The summed E-state index contributed by atoms with van der Waals surface area (Å²) >= 11 is 2.40. The summed E-state index contributed by atoms with van der Waals surface area (Å²) in [5, 5.41) is 0. The maximum atomic E-state index is 5.44. The summed E-state index contributed by atoms with van der Waals surface area (Å²) in [6.07, 6.45) is 2.54. The molecule has 0 rings (SSSR count). The van der Waals surface area contributed by atoms with Crippen LogP contribution in [0.3, 0.4) is 0 Å². The molecular weight excluding hydrogens is 243 g/mol. The monoisotopic (exact) mass is 257 g/mol. The molecular formula is C6H14IOSi. The molecule has 0 aromatic heterocycles. The summed E-state index contributed by atoms with van der Waals surface area (Å²) in [5.41, 5.74) is 0. The van der Waals surface area contributed by atoms with Crippen LogP contribution < -0.4 is 0 Å². The Labute approximate surface area is 73.0 Å². The Bertz CT molecular complexity index is 59.0. The summed E-state index contributed by atoms with van der Waals surface area (Å²) in [6.45, 7) is 5.33. The van der Waals surface area contributed by atoms with E-state index in [1.807, 2.05) is 0 Å². The molecule has 0 bridgehead atoms. The lowest BCUT2D eigenvalue weighted by molar-refractivity contribution is 0.318. The third-order valence-electron chi connectivity index (χ3n) is 0.919. The SMILES string of the molecule is C[Si](C)OCCCCI. The number of halogens is 1. The molecule has 0 unspecified atom stereocenters. The lowest BCUT2D eigenvalue weighted by atomic mass is 10.4. The van der Waals surface area contributed by atoms with E-state index in [1.54, 1.807) is 0 Å². The minimum Gasteiger partial charge on any atom is -0.417 e. The third-order valence-corrected chi connectivity index (χ3v) is 2.46. The second-order valence-corrected chi connectivity index (χ2v) is 5.34. The zero-order valence-electron chi connectivity index (χ0n) is 6.11. The van der Waals surface area contributed by atoms with Crippen molar-refractivity contribution in [2.75, 3.05) is 11.0 Å². The van der Waals surface area contributed by atoms with Gasteiger partial charge in [0, 0.05) is 6.61 Å². The predicted molar refractivity (Wildman–Crippen MR) is 51.6 cm³/mol. The van der Waals surface area contributed by atoms with Gasteiger partial charge in [-0.3, -0.25) is 0 Å². The van der Waals surface area contributed by atoms with Crippen molar-refractivity contribution >= 4 is 31.6 Å². The first-order valence-electron chi connectivity index (χ1n) is 3.26. The molecule has 0 aliphatic heterocycles. The molecule has 1 nitrogen and oxygen atoms in total. The highest BCUT2D eigenvalue weighted by Gasteiger charge is 1.94. The van der Waals surface area contributed by atoms with Gasteiger partial charge >= 0.3 is 0 Å². The summed E-state index contributed by atoms with van der Waals surface area (Å²) in [6, 6.07) is 0. The number of rotatable bonds is 5. The van der Waals surface area contributed by atoms with Crippen LogP contribution in [0, 0.1) is 0 Å². The van der Waals surface area contributed by atoms with Crippen LogP contribution in [0.5, 0.6) is 0 Å². The number of hydrogen-bond donors (Lipinski definition) is 0. The first-order chi connectivity index (χ1) is 4.27. The average molecular weight is 257 g/mol. The lowest BCUT2D eigenvalue weighted by Gasteiger charge is -2.03. The fourth-order valence-corrected chi connectivity index (χ4v) is 1.56. The lowest BCUT2D eigenvalue weighted by Crippen LogP contribution is -2.08. The molecule has 0 saturated heterocycles. The minimum atomic E-state index is -0.418. The van der Waals surface area contributed by atoms with E-state index >= 15 is 0 Å². The maximum absolute atomic E-state index is 5.44. The summed E-state index contributed by atoms with van der Waals surface area (Å²) in [4.78, 5) is 0. The van der Waals surface area contributed by atoms with Gasteiger partial charge in [-0.15, -0.1) is 0 Å². The van der Waals surface area contributed by atoms with E-state index in [-0.39, 0.29) is 0 Å². The van der Waals surface area contributed by atoms with Gasteiger partial charge in [-0.2, -0.15) is 0 Å². The van der Waals surface area contributed by atoms with Crippen molar-refractivity contribution in [3.63, 3.8) is 0 Å². The summed E-state index contributed by atoms with van der Waals surface area (Å²) < 4.78 is 6.70. The van der Waals surface area contributed by atoms with Crippen molar-refractivity contribution in [1.82, 2.24) is 0 Å². The fraction of sp³-hybridized carbons (Fsp3) is 1.00. The zero-order valence-corrected chi connectivity index (χ0v) is 9.27. The second-order valence-electron chi connectivity index (χ2n) is 2.15. The highest BCUT2D eigenvalue weighted by molar-refractivity contribution is 14.1. The van der Waals surface area contributed by atoms with Gasteiger partial charge < -0.3 is 4.43 Å². The van der Waals surface area contributed by atoms with Gasteiger partial charge in [0.05, 0.1) is 0 Å². The van der Waals surface area contributed by atoms with E-state index in [2.05, 4.69) is 35.7 Å². The first-order valence-corrected chi connectivity index (χ1v) is 7.19. The molecule has 0 N–H and O–H groups in total. The Morgan fingerprint density at radius 2 is 2.00 bits per heavy atom. The summed E-state index contributed by atoms with van der Waals surface area (Å²) in [7, 11) is -0.418. The predicted octanol–water partition coefficient (Wildman–Crippen LogP) is 2.47. The zero-order chi connectivity index (χ0) is 7.11. The van der Waals surface area contributed by atoms with Gasteiger partial charge in [0.15, 0.2) is 0 Å². The highest BCUT2D eigenvalue weighted by Crippen LogP contribution is 1.95. The Hall–Kier alpha value is 0.907. The number of alkyl halides is 1. The Morgan fingerprint density at radius 1 is 1.33 bits per heavy atom. The van der Waals surface area contributed by atoms with Crippen LogP contribution in [0.1, 0.15) is 12.8 Å². The van der Waals surface area contributed by atoms with Crippen LogP contribution in [0.2, 0.25) is 13.1 Å². The van der Waals surface area contributed by atoms with E-state index in [0.717, 1.165) is 6.61 Å². The van der Waals surface area contributed by atoms with Crippen molar-refractivity contribution in [2.24, 2.45) is 0 Å². The molecule has 1 radical (unpaired) electrons.